The highest BCUT2D eigenvalue weighted by molar-refractivity contribution is 7.22. The minimum Gasteiger partial charge on any atom is -0.478 e. The second-order valence-electron chi connectivity index (χ2n) is 8.46. The zero-order chi connectivity index (χ0) is 25.5. The molecule has 0 saturated carbocycles. The predicted molar refractivity (Wildman–Crippen MR) is 150 cm³/mol. The maximum absolute atomic E-state index is 11.2. The largest absolute Gasteiger partial charge is 0.478 e. The highest BCUT2D eigenvalue weighted by Gasteiger charge is 2.10. The van der Waals surface area contributed by atoms with Gasteiger partial charge >= 0.3 is 5.97 Å². The first-order chi connectivity index (χ1) is 17.4. The maximum Gasteiger partial charge on any atom is 0.335 e. The monoisotopic (exact) mass is 499 g/mol. The average Bonchev–Trinajstić information content (AvgIpc) is 3.25. The van der Waals surface area contributed by atoms with Crippen LogP contribution in [0.15, 0.2) is 82.8 Å². The van der Waals surface area contributed by atoms with Gasteiger partial charge in [0.1, 0.15) is 6.17 Å². The Bertz CT molecular complexity index is 1390. The Hall–Kier alpha value is -4.04. The predicted octanol–water partition coefficient (Wildman–Crippen LogP) is 6.49. The van der Waals surface area contributed by atoms with E-state index in [2.05, 4.69) is 52.9 Å². The lowest BCUT2D eigenvalue weighted by atomic mass is 10.1. The fraction of sp³-hybridized carbons (Fsp3) is 0.214. The van der Waals surface area contributed by atoms with Gasteiger partial charge in [0, 0.05) is 17.8 Å². The summed E-state index contributed by atoms with van der Waals surface area (Å²) in [6, 6.07) is 23.0. The molecule has 0 aliphatic heterocycles. The van der Waals surface area contributed by atoms with E-state index in [4.69, 9.17) is 9.98 Å². The molecule has 0 saturated heterocycles. The van der Waals surface area contributed by atoms with Crippen molar-refractivity contribution in [2.75, 3.05) is 10.6 Å². The van der Waals surface area contributed by atoms with E-state index in [1.165, 1.54) is 5.56 Å². The van der Waals surface area contributed by atoms with Gasteiger partial charge in [-0.1, -0.05) is 54.7 Å². The van der Waals surface area contributed by atoms with Crippen LogP contribution in [0.4, 0.5) is 10.8 Å². The molecule has 4 aromatic rings. The minimum absolute atomic E-state index is 0.222. The van der Waals surface area contributed by atoms with Crippen LogP contribution in [0.25, 0.3) is 10.2 Å². The molecule has 0 spiro atoms. The van der Waals surface area contributed by atoms with Crippen LogP contribution >= 0.6 is 11.3 Å². The number of anilines is 2. The maximum atomic E-state index is 11.2. The van der Waals surface area contributed by atoms with Crippen molar-refractivity contribution >= 4 is 50.0 Å². The zero-order valence-corrected chi connectivity index (χ0v) is 21.3. The molecule has 3 aromatic carbocycles. The van der Waals surface area contributed by atoms with Crippen LogP contribution in [-0.2, 0) is 12.8 Å². The number of carboxylic acids is 1. The van der Waals surface area contributed by atoms with Crippen molar-refractivity contribution in [1.82, 2.24) is 4.98 Å². The fourth-order valence-electron chi connectivity index (χ4n) is 3.67. The molecule has 36 heavy (non-hydrogen) atoms. The molecule has 1 unspecified atom stereocenters. The van der Waals surface area contributed by atoms with Crippen LogP contribution in [0.2, 0.25) is 0 Å². The molecule has 184 valence electrons. The lowest BCUT2D eigenvalue weighted by molar-refractivity contribution is 0.0697. The van der Waals surface area contributed by atoms with E-state index in [9.17, 15) is 9.90 Å². The van der Waals surface area contributed by atoms with Crippen molar-refractivity contribution in [1.29, 1.82) is 0 Å². The number of carboxylic acid groups (broad SMARTS) is 1. The second kappa shape index (κ2) is 11.6. The molecular weight excluding hydrogens is 470 g/mol. The van der Waals surface area contributed by atoms with Gasteiger partial charge in [-0.25, -0.2) is 19.8 Å². The summed E-state index contributed by atoms with van der Waals surface area (Å²) in [6.45, 7) is 6.05. The van der Waals surface area contributed by atoms with Gasteiger partial charge in [-0.05, 0) is 67.8 Å². The molecule has 4 rings (SSSR count). The summed E-state index contributed by atoms with van der Waals surface area (Å²) < 4.78 is 1.14. The number of aromatic carboxylic acids is 1. The SMILES string of the molecule is CCc1ccc2nc(NC(C)/N=C(\N=C(/C)Cc3ccccc3)Nc3ccc(C(=O)O)cc3)sc2c1. The lowest BCUT2D eigenvalue weighted by Gasteiger charge is -2.12. The Balaban J connectivity index is 1.56. The Kier molecular flexibility index (Phi) is 8.07. The first-order valence-electron chi connectivity index (χ1n) is 11.8. The van der Waals surface area contributed by atoms with Crippen molar-refractivity contribution < 1.29 is 9.90 Å². The summed E-state index contributed by atoms with van der Waals surface area (Å²) >= 11 is 1.60. The van der Waals surface area contributed by atoms with Gasteiger partial charge < -0.3 is 15.7 Å². The number of hydrogen-bond acceptors (Lipinski definition) is 5. The summed E-state index contributed by atoms with van der Waals surface area (Å²) in [7, 11) is 0. The van der Waals surface area contributed by atoms with E-state index in [1.807, 2.05) is 32.0 Å². The Labute approximate surface area is 214 Å². The molecule has 8 heteroatoms. The third kappa shape index (κ3) is 6.76. The number of nitrogens with one attached hydrogen (secondary N) is 2. The zero-order valence-electron chi connectivity index (χ0n) is 20.5. The number of aliphatic imine (C=N–C) groups is 2. The van der Waals surface area contributed by atoms with E-state index >= 15 is 0 Å². The van der Waals surface area contributed by atoms with Gasteiger partial charge in [0.25, 0.3) is 0 Å². The van der Waals surface area contributed by atoms with Crippen LogP contribution in [0.5, 0.6) is 0 Å². The second-order valence-corrected chi connectivity index (χ2v) is 9.50. The van der Waals surface area contributed by atoms with Crippen LogP contribution in [0.3, 0.4) is 0 Å². The van der Waals surface area contributed by atoms with E-state index in [-0.39, 0.29) is 11.7 Å². The molecule has 7 nitrogen and oxygen atoms in total. The van der Waals surface area contributed by atoms with E-state index in [0.717, 1.165) is 33.0 Å². The third-order valence-electron chi connectivity index (χ3n) is 5.50. The molecular formula is C28H29N5O2S. The number of nitrogens with zero attached hydrogens (tertiary/aromatic N) is 3. The molecule has 1 heterocycles. The molecule has 0 fully saturated rings. The minimum atomic E-state index is -0.966. The lowest BCUT2D eigenvalue weighted by Crippen LogP contribution is -2.20. The van der Waals surface area contributed by atoms with Gasteiger partial charge in [0.05, 0.1) is 15.8 Å². The van der Waals surface area contributed by atoms with E-state index in [1.54, 1.807) is 35.6 Å². The molecule has 0 bridgehead atoms. The van der Waals surface area contributed by atoms with Crippen molar-refractivity contribution in [2.45, 2.75) is 39.8 Å². The summed E-state index contributed by atoms with van der Waals surface area (Å²) in [5, 5.41) is 16.6. The Morgan fingerprint density at radius 2 is 1.81 bits per heavy atom. The number of hydrogen-bond donors (Lipinski definition) is 3. The molecule has 0 amide bonds. The summed E-state index contributed by atoms with van der Waals surface area (Å²) in [6.07, 6.45) is 1.38. The van der Waals surface area contributed by atoms with Crippen molar-refractivity contribution in [2.24, 2.45) is 9.98 Å². The summed E-state index contributed by atoms with van der Waals surface area (Å²) in [5.41, 5.74) is 5.23. The number of fused-ring (bicyclic) bond motifs is 1. The number of thiazole rings is 1. The van der Waals surface area contributed by atoms with Gasteiger partial charge in [-0.15, -0.1) is 0 Å². The Morgan fingerprint density at radius 3 is 2.50 bits per heavy atom. The third-order valence-corrected chi connectivity index (χ3v) is 6.45. The average molecular weight is 500 g/mol. The molecule has 3 N–H and O–H groups in total. The van der Waals surface area contributed by atoms with Gasteiger partial charge in [0.15, 0.2) is 5.13 Å². The molecule has 0 aliphatic rings. The smallest absolute Gasteiger partial charge is 0.335 e. The van der Waals surface area contributed by atoms with Crippen LogP contribution in [0.1, 0.15) is 42.3 Å². The first kappa shape index (κ1) is 25.1. The van der Waals surface area contributed by atoms with E-state index in [0.29, 0.717) is 18.1 Å². The molecule has 0 aliphatic carbocycles. The number of rotatable bonds is 8. The molecule has 1 atom stereocenters. The normalized spacial score (nSPS) is 13.0. The molecule has 0 radical (unpaired) electrons. The highest BCUT2D eigenvalue weighted by atomic mass is 32.1. The van der Waals surface area contributed by atoms with Crippen LogP contribution < -0.4 is 10.6 Å². The number of benzene rings is 3. The van der Waals surface area contributed by atoms with E-state index < -0.39 is 5.97 Å². The summed E-state index contributed by atoms with van der Waals surface area (Å²) in [4.78, 5) is 25.4. The Morgan fingerprint density at radius 1 is 1.06 bits per heavy atom. The van der Waals surface area contributed by atoms with Gasteiger partial charge in [0.2, 0.25) is 5.96 Å². The van der Waals surface area contributed by atoms with Crippen LogP contribution in [0, 0.1) is 0 Å². The molecule has 1 aromatic heterocycles. The van der Waals surface area contributed by atoms with Crippen LogP contribution in [-0.4, -0.2) is 33.9 Å². The fourth-order valence-corrected chi connectivity index (χ4v) is 4.68. The number of guanidine groups is 1. The quantitative estimate of drug-likeness (QED) is 0.190. The van der Waals surface area contributed by atoms with Crippen molar-refractivity contribution in [3.8, 4) is 0 Å². The number of carbonyl (C=O) groups is 1. The van der Waals surface area contributed by atoms with Gasteiger partial charge in [-0.2, -0.15) is 0 Å². The van der Waals surface area contributed by atoms with Crippen molar-refractivity contribution in [3.05, 3.63) is 89.5 Å². The topological polar surface area (TPSA) is 99.0 Å². The summed E-state index contributed by atoms with van der Waals surface area (Å²) in [5.74, 6) is -0.534. The standard InChI is InChI=1S/C28H29N5O2S/c1-4-20-10-15-24-25(17-20)36-28(33-24)31-19(3)30-27(29-18(2)16-21-8-6-5-7-9-21)32-23-13-11-22(12-14-23)26(34)35/h5-15,17,19H,4,16H2,1-3H3,(H,30,32)(H,31,33)(H,34,35)/b29-18+. The van der Waals surface area contributed by atoms with Crippen molar-refractivity contribution in [3.63, 3.8) is 0 Å². The van der Waals surface area contributed by atoms with Gasteiger partial charge in [-0.3, -0.25) is 0 Å². The highest BCUT2D eigenvalue weighted by Crippen LogP contribution is 2.27. The number of aromatic nitrogens is 1. The number of aryl methyl sites for hydroxylation is 1. The first-order valence-corrected chi connectivity index (χ1v) is 12.6.